The van der Waals surface area contributed by atoms with Crippen molar-refractivity contribution in [2.75, 3.05) is 13.1 Å². The highest BCUT2D eigenvalue weighted by atomic mass is 16.5. The summed E-state index contributed by atoms with van der Waals surface area (Å²) in [5, 5.41) is 10.9. The predicted octanol–water partition coefficient (Wildman–Crippen LogP) is 1.39. The number of hydrogen-bond acceptors (Lipinski definition) is 6. The van der Waals surface area contributed by atoms with E-state index in [1.165, 1.54) is 0 Å². The summed E-state index contributed by atoms with van der Waals surface area (Å²) in [5.41, 5.74) is 6.50. The lowest BCUT2D eigenvalue weighted by atomic mass is 9.94. The minimum absolute atomic E-state index is 0.238. The number of primary amides is 1. The quantitative estimate of drug-likeness (QED) is 0.861. The van der Waals surface area contributed by atoms with E-state index in [0.717, 1.165) is 37.4 Å². The second-order valence-electron chi connectivity index (χ2n) is 6.35. The van der Waals surface area contributed by atoms with Gasteiger partial charge in [-0.05, 0) is 25.5 Å². The van der Waals surface area contributed by atoms with Gasteiger partial charge in [0.15, 0.2) is 5.82 Å². The zero-order chi connectivity index (χ0) is 16.4. The van der Waals surface area contributed by atoms with E-state index in [4.69, 9.17) is 10.3 Å². The number of H-pyrrole nitrogens is 1. The highest BCUT2D eigenvalue weighted by Crippen LogP contribution is 2.26. The smallest absolute Gasteiger partial charge is 0.269 e. The number of aromatic amines is 1. The molecule has 0 radical (unpaired) electrons. The second-order valence-corrected chi connectivity index (χ2v) is 6.35. The molecule has 23 heavy (non-hydrogen) atoms. The summed E-state index contributed by atoms with van der Waals surface area (Å²) in [4.78, 5) is 17.9. The first-order valence-electron chi connectivity index (χ1n) is 7.93. The number of rotatable bonds is 5. The maximum absolute atomic E-state index is 11.2. The number of aromatic nitrogens is 4. The van der Waals surface area contributed by atoms with Crippen molar-refractivity contribution in [1.82, 2.24) is 25.2 Å². The fraction of sp³-hybridized carbons (Fsp3) is 0.600. The molecule has 3 N–H and O–H groups in total. The maximum Gasteiger partial charge on any atom is 0.269 e. The topological polar surface area (TPSA) is 114 Å². The third-order valence-corrected chi connectivity index (χ3v) is 4.14. The molecule has 2 aromatic heterocycles. The maximum atomic E-state index is 11.2. The molecule has 1 aliphatic rings. The largest absolute Gasteiger partial charge is 0.364 e. The molecule has 1 amide bonds. The second kappa shape index (κ2) is 6.49. The van der Waals surface area contributed by atoms with Gasteiger partial charge in [-0.25, -0.2) is 0 Å². The molecule has 0 saturated carbocycles. The number of nitrogens with one attached hydrogen (secondary N) is 1. The number of piperidine rings is 1. The van der Waals surface area contributed by atoms with Crippen LogP contribution in [0, 0.1) is 0 Å². The van der Waals surface area contributed by atoms with Gasteiger partial charge < -0.3 is 10.3 Å². The molecule has 0 bridgehead atoms. The summed E-state index contributed by atoms with van der Waals surface area (Å²) in [6.07, 6.45) is 2.13. The van der Waals surface area contributed by atoms with Crippen LogP contribution in [-0.2, 0) is 6.54 Å². The van der Waals surface area contributed by atoms with Crippen LogP contribution in [0.3, 0.4) is 0 Å². The standard InChI is InChI=1S/C15H22N6O2/c1-9(2)15-17-13(20-23-15)8-21-5-3-4-10(7-21)11-6-12(14(16)22)19-18-11/h6,9-10H,3-5,7-8H2,1-2H3,(H2,16,22)(H,18,19)/t10-/m1/s1. The third-order valence-electron chi connectivity index (χ3n) is 4.14. The van der Waals surface area contributed by atoms with Gasteiger partial charge in [0.25, 0.3) is 5.91 Å². The van der Waals surface area contributed by atoms with Gasteiger partial charge in [0.1, 0.15) is 5.69 Å². The van der Waals surface area contributed by atoms with Gasteiger partial charge in [-0.2, -0.15) is 10.1 Å². The van der Waals surface area contributed by atoms with E-state index in [0.29, 0.717) is 18.4 Å². The van der Waals surface area contributed by atoms with E-state index in [-0.39, 0.29) is 11.6 Å². The minimum atomic E-state index is -0.506. The van der Waals surface area contributed by atoms with Crippen molar-refractivity contribution in [3.8, 4) is 0 Å². The van der Waals surface area contributed by atoms with Gasteiger partial charge in [0, 0.05) is 24.1 Å². The molecule has 1 atom stereocenters. The van der Waals surface area contributed by atoms with E-state index >= 15 is 0 Å². The average Bonchev–Trinajstić information content (AvgIpc) is 3.16. The Morgan fingerprint density at radius 3 is 3.04 bits per heavy atom. The molecule has 1 saturated heterocycles. The molecule has 0 aliphatic carbocycles. The Morgan fingerprint density at radius 2 is 2.39 bits per heavy atom. The van der Waals surface area contributed by atoms with E-state index in [9.17, 15) is 4.79 Å². The molecular weight excluding hydrogens is 296 g/mol. The van der Waals surface area contributed by atoms with E-state index in [1.807, 2.05) is 13.8 Å². The number of amides is 1. The van der Waals surface area contributed by atoms with Gasteiger partial charge in [-0.3, -0.25) is 14.8 Å². The number of likely N-dealkylation sites (tertiary alicyclic amines) is 1. The molecule has 0 spiro atoms. The van der Waals surface area contributed by atoms with Crippen LogP contribution in [0.2, 0.25) is 0 Å². The Labute approximate surface area is 134 Å². The van der Waals surface area contributed by atoms with E-state index < -0.39 is 5.91 Å². The molecule has 3 rings (SSSR count). The third kappa shape index (κ3) is 3.58. The summed E-state index contributed by atoms with van der Waals surface area (Å²) in [6, 6.07) is 1.75. The highest BCUT2D eigenvalue weighted by Gasteiger charge is 2.25. The first kappa shape index (κ1) is 15.7. The summed E-state index contributed by atoms with van der Waals surface area (Å²) >= 11 is 0. The summed E-state index contributed by atoms with van der Waals surface area (Å²) in [5.74, 6) is 1.43. The van der Waals surface area contributed by atoms with Gasteiger partial charge >= 0.3 is 0 Å². The van der Waals surface area contributed by atoms with Gasteiger partial charge in [0.2, 0.25) is 5.89 Å². The van der Waals surface area contributed by atoms with Crippen LogP contribution in [0.1, 0.15) is 66.4 Å². The molecule has 124 valence electrons. The van der Waals surface area contributed by atoms with Crippen LogP contribution in [0.25, 0.3) is 0 Å². The summed E-state index contributed by atoms with van der Waals surface area (Å²) in [6.45, 7) is 6.60. The Hall–Kier alpha value is -2.22. The predicted molar refractivity (Wildman–Crippen MR) is 82.7 cm³/mol. The Kier molecular flexibility index (Phi) is 4.42. The van der Waals surface area contributed by atoms with Gasteiger partial charge in [0.05, 0.1) is 6.54 Å². The minimum Gasteiger partial charge on any atom is -0.364 e. The zero-order valence-corrected chi connectivity index (χ0v) is 13.5. The van der Waals surface area contributed by atoms with Crippen molar-refractivity contribution >= 4 is 5.91 Å². The van der Waals surface area contributed by atoms with Crippen molar-refractivity contribution in [2.45, 2.75) is 45.1 Å². The van der Waals surface area contributed by atoms with Crippen LogP contribution in [-0.4, -0.2) is 44.2 Å². The lowest BCUT2D eigenvalue weighted by molar-refractivity contribution is 0.0995. The van der Waals surface area contributed by atoms with Crippen LogP contribution in [0.5, 0.6) is 0 Å². The van der Waals surface area contributed by atoms with Crippen molar-refractivity contribution in [1.29, 1.82) is 0 Å². The fourth-order valence-electron chi connectivity index (χ4n) is 2.89. The van der Waals surface area contributed by atoms with Gasteiger partial charge in [-0.15, -0.1) is 0 Å². The Morgan fingerprint density at radius 1 is 1.57 bits per heavy atom. The first-order valence-corrected chi connectivity index (χ1v) is 7.93. The first-order chi connectivity index (χ1) is 11.0. The molecular formula is C15H22N6O2. The number of hydrogen-bond donors (Lipinski definition) is 2. The Balaban J connectivity index is 1.64. The number of carbonyl (C=O) groups excluding carboxylic acids is 1. The van der Waals surface area contributed by atoms with Crippen LogP contribution >= 0.6 is 0 Å². The number of nitrogens with two attached hydrogens (primary N) is 1. The zero-order valence-electron chi connectivity index (χ0n) is 13.5. The van der Waals surface area contributed by atoms with Crippen LogP contribution in [0.4, 0.5) is 0 Å². The van der Waals surface area contributed by atoms with E-state index in [2.05, 4.69) is 25.2 Å². The molecule has 0 unspecified atom stereocenters. The van der Waals surface area contributed by atoms with Crippen LogP contribution in [0.15, 0.2) is 10.6 Å². The molecule has 2 aromatic rings. The summed E-state index contributed by atoms with van der Waals surface area (Å²) in [7, 11) is 0. The normalized spacial score (nSPS) is 19.3. The van der Waals surface area contributed by atoms with E-state index in [1.54, 1.807) is 6.07 Å². The van der Waals surface area contributed by atoms with Crippen molar-refractivity contribution in [3.05, 3.63) is 29.2 Å². The molecule has 0 aromatic carbocycles. The monoisotopic (exact) mass is 318 g/mol. The van der Waals surface area contributed by atoms with Crippen molar-refractivity contribution in [3.63, 3.8) is 0 Å². The summed E-state index contributed by atoms with van der Waals surface area (Å²) < 4.78 is 5.25. The SMILES string of the molecule is CC(C)c1nc(CN2CCC[C@@H](c3cc(C(N)=O)n[nH]3)C2)no1. The molecule has 8 nitrogen and oxygen atoms in total. The fourth-order valence-corrected chi connectivity index (χ4v) is 2.89. The molecule has 1 fully saturated rings. The van der Waals surface area contributed by atoms with Crippen molar-refractivity contribution in [2.24, 2.45) is 5.73 Å². The molecule has 8 heteroatoms. The molecule has 3 heterocycles. The molecule has 1 aliphatic heterocycles. The lowest BCUT2D eigenvalue weighted by Gasteiger charge is -2.31. The number of nitrogens with zero attached hydrogens (tertiary/aromatic N) is 4. The highest BCUT2D eigenvalue weighted by molar-refractivity contribution is 5.90. The van der Waals surface area contributed by atoms with Crippen molar-refractivity contribution < 1.29 is 9.32 Å². The average molecular weight is 318 g/mol. The van der Waals surface area contributed by atoms with Crippen LogP contribution < -0.4 is 5.73 Å². The number of carbonyl (C=O) groups is 1. The van der Waals surface area contributed by atoms with Gasteiger partial charge in [-0.1, -0.05) is 19.0 Å². The lowest BCUT2D eigenvalue weighted by Crippen LogP contribution is -2.34. The Bertz CT molecular complexity index is 677.